The fourth-order valence-electron chi connectivity index (χ4n) is 4.07. The summed E-state index contributed by atoms with van der Waals surface area (Å²) in [5.74, 6) is -4.36. The zero-order chi connectivity index (χ0) is 28.7. The topological polar surface area (TPSA) is 219 Å². The van der Waals surface area contributed by atoms with Gasteiger partial charge in [0.05, 0.1) is 38.6 Å². The summed E-state index contributed by atoms with van der Waals surface area (Å²) in [5, 5.41) is 58.6. The zero-order valence-electron chi connectivity index (χ0n) is 20.8. The Labute approximate surface area is 222 Å². The lowest BCUT2D eigenvalue weighted by molar-refractivity contribution is -0.327. The van der Waals surface area contributed by atoms with Crippen molar-refractivity contribution < 1.29 is 68.7 Å². The van der Waals surface area contributed by atoms with E-state index in [0.717, 1.165) is 18.9 Å². The van der Waals surface area contributed by atoms with Crippen LogP contribution in [-0.2, 0) is 44.5 Å². The Balaban J connectivity index is 1.80. The van der Waals surface area contributed by atoms with E-state index in [2.05, 4.69) is 0 Å². The molecule has 1 saturated heterocycles. The highest BCUT2D eigenvalue weighted by Crippen LogP contribution is 2.36. The van der Waals surface area contributed by atoms with Crippen molar-refractivity contribution in [2.24, 2.45) is 5.92 Å². The second-order valence-corrected chi connectivity index (χ2v) is 8.74. The standard InChI is InChI=1S/C25H30O14/c1-35-23(34)16-11-37-24(39-25-22(33)21(32)20(31)17(10-26)38-25)15(8-18(28)29)14(16)9-19(30)36-7-6-12-2-4-13(27)5-3-12/h2-5,8,11,14,17,20-22,24-27,31-33H,6-7,9-10H2,1H3,(H,28,29)/b15-8-/t14-,17+,20+,21-,22+,24-,25-/m0/s1. The monoisotopic (exact) mass is 554 g/mol. The number of carboxylic acid groups (broad SMARTS) is 1. The molecule has 0 bridgehead atoms. The van der Waals surface area contributed by atoms with E-state index in [4.69, 9.17) is 23.7 Å². The Morgan fingerprint density at radius 2 is 1.74 bits per heavy atom. The minimum absolute atomic E-state index is 0.0487. The van der Waals surface area contributed by atoms with Crippen LogP contribution in [0.1, 0.15) is 12.0 Å². The van der Waals surface area contributed by atoms with E-state index >= 15 is 0 Å². The molecule has 0 amide bonds. The molecule has 14 heteroatoms. The molecule has 0 saturated carbocycles. The molecular weight excluding hydrogens is 524 g/mol. The van der Waals surface area contributed by atoms with Crippen LogP contribution in [0.5, 0.6) is 5.75 Å². The fraction of sp³-hybridized carbons (Fsp3) is 0.480. The Hall–Kier alpha value is -3.53. The summed E-state index contributed by atoms with van der Waals surface area (Å²) in [5.41, 5.74) is 0.327. The van der Waals surface area contributed by atoms with E-state index in [9.17, 15) is 45.0 Å². The molecule has 0 aromatic heterocycles. The molecule has 1 aromatic carbocycles. The molecule has 2 aliphatic heterocycles. The SMILES string of the molecule is COC(=O)C1=CO[C@@H](O[C@@H]2O[C@H](CO)[C@@H](O)[C@H](O)[C@H]2O)/C(=C\C(=O)O)[C@@H]1CC(=O)OCCc1ccc(O)cc1. The van der Waals surface area contributed by atoms with Crippen molar-refractivity contribution in [3.05, 3.63) is 53.3 Å². The number of esters is 2. The number of phenolic OH excluding ortho intramolecular Hbond substituents is 1. The van der Waals surface area contributed by atoms with E-state index in [0.29, 0.717) is 12.5 Å². The number of benzene rings is 1. The Morgan fingerprint density at radius 1 is 1.05 bits per heavy atom. The van der Waals surface area contributed by atoms with E-state index < -0.39 is 73.8 Å². The Bertz CT molecular complexity index is 1080. The highest BCUT2D eigenvalue weighted by molar-refractivity contribution is 5.91. The quantitative estimate of drug-likeness (QED) is 0.147. The molecule has 6 N–H and O–H groups in total. The highest BCUT2D eigenvalue weighted by Gasteiger charge is 2.47. The second kappa shape index (κ2) is 13.5. The van der Waals surface area contributed by atoms with Crippen LogP contribution < -0.4 is 0 Å². The van der Waals surface area contributed by atoms with Crippen LogP contribution in [0, 0.1) is 5.92 Å². The summed E-state index contributed by atoms with van der Waals surface area (Å²) < 4.78 is 26.2. The molecule has 39 heavy (non-hydrogen) atoms. The first kappa shape index (κ1) is 30.0. The average molecular weight is 555 g/mol. The lowest BCUT2D eigenvalue weighted by Crippen LogP contribution is -2.60. The van der Waals surface area contributed by atoms with E-state index in [1.54, 1.807) is 12.1 Å². The maximum atomic E-state index is 12.7. The minimum atomic E-state index is -1.83. The predicted octanol–water partition coefficient (Wildman–Crippen LogP) is -1.28. The maximum absolute atomic E-state index is 12.7. The number of phenols is 1. The third-order valence-corrected chi connectivity index (χ3v) is 6.15. The van der Waals surface area contributed by atoms with Crippen LogP contribution in [0.25, 0.3) is 0 Å². The minimum Gasteiger partial charge on any atom is -0.508 e. The first-order valence-electron chi connectivity index (χ1n) is 11.8. The molecule has 0 radical (unpaired) electrons. The van der Waals surface area contributed by atoms with E-state index in [-0.39, 0.29) is 23.5 Å². The molecule has 2 heterocycles. The molecule has 214 valence electrons. The van der Waals surface area contributed by atoms with Crippen molar-refractivity contribution in [3.8, 4) is 5.75 Å². The third-order valence-electron chi connectivity index (χ3n) is 6.15. The molecule has 7 atom stereocenters. The predicted molar refractivity (Wildman–Crippen MR) is 126 cm³/mol. The van der Waals surface area contributed by atoms with Gasteiger partial charge in [0.25, 0.3) is 0 Å². The van der Waals surface area contributed by atoms with Gasteiger partial charge in [0.2, 0.25) is 6.29 Å². The van der Waals surface area contributed by atoms with Crippen molar-refractivity contribution >= 4 is 17.9 Å². The molecule has 2 aliphatic rings. The summed E-state index contributed by atoms with van der Waals surface area (Å²) in [6.07, 6.45) is -8.56. The summed E-state index contributed by atoms with van der Waals surface area (Å²) >= 11 is 0. The Kier molecular flexibility index (Phi) is 10.4. The first-order valence-corrected chi connectivity index (χ1v) is 11.8. The smallest absolute Gasteiger partial charge is 0.337 e. The Morgan fingerprint density at radius 3 is 2.36 bits per heavy atom. The van der Waals surface area contributed by atoms with Gasteiger partial charge in [-0.25, -0.2) is 9.59 Å². The normalized spacial score (nSPS) is 29.7. The van der Waals surface area contributed by atoms with Gasteiger partial charge in [0, 0.05) is 24.0 Å². The third kappa shape index (κ3) is 7.53. The van der Waals surface area contributed by atoms with E-state index in [1.165, 1.54) is 12.1 Å². The van der Waals surface area contributed by atoms with Crippen molar-refractivity contribution in [1.82, 2.24) is 0 Å². The lowest BCUT2D eigenvalue weighted by atomic mass is 9.86. The first-order chi connectivity index (χ1) is 18.5. The zero-order valence-corrected chi connectivity index (χ0v) is 20.8. The fourth-order valence-corrected chi connectivity index (χ4v) is 4.07. The molecule has 0 aliphatic carbocycles. The van der Waals surface area contributed by atoms with Crippen molar-refractivity contribution in [3.63, 3.8) is 0 Å². The van der Waals surface area contributed by atoms with Gasteiger partial charge in [-0.2, -0.15) is 0 Å². The van der Waals surface area contributed by atoms with Crippen molar-refractivity contribution in [2.45, 2.75) is 49.8 Å². The number of hydrogen-bond acceptors (Lipinski definition) is 13. The molecular formula is C25H30O14. The summed E-state index contributed by atoms with van der Waals surface area (Å²) in [6.45, 7) is -0.786. The van der Waals surface area contributed by atoms with Gasteiger partial charge in [0.15, 0.2) is 6.29 Å². The molecule has 14 nitrogen and oxygen atoms in total. The summed E-state index contributed by atoms with van der Waals surface area (Å²) in [4.78, 5) is 36.8. The second-order valence-electron chi connectivity index (χ2n) is 8.74. The van der Waals surface area contributed by atoms with Crippen molar-refractivity contribution in [2.75, 3.05) is 20.3 Å². The average Bonchev–Trinajstić information content (AvgIpc) is 2.91. The van der Waals surface area contributed by atoms with Gasteiger partial charge < -0.3 is 54.3 Å². The van der Waals surface area contributed by atoms with Gasteiger partial charge in [-0.3, -0.25) is 4.79 Å². The number of carbonyl (C=O) groups is 3. The van der Waals surface area contributed by atoms with Gasteiger partial charge in [-0.15, -0.1) is 0 Å². The van der Waals surface area contributed by atoms with Crippen LogP contribution >= 0.6 is 0 Å². The van der Waals surface area contributed by atoms with Crippen LogP contribution in [0.15, 0.2) is 47.7 Å². The number of carboxylic acids is 1. The van der Waals surface area contributed by atoms with Crippen LogP contribution in [0.3, 0.4) is 0 Å². The summed E-state index contributed by atoms with van der Waals surface area (Å²) in [7, 11) is 1.08. The maximum Gasteiger partial charge on any atom is 0.337 e. The van der Waals surface area contributed by atoms with Crippen LogP contribution in [-0.4, -0.2) is 106 Å². The number of aliphatic hydroxyl groups is 4. The van der Waals surface area contributed by atoms with Gasteiger partial charge in [0.1, 0.15) is 30.2 Å². The summed E-state index contributed by atoms with van der Waals surface area (Å²) in [6, 6.07) is 6.25. The van der Waals surface area contributed by atoms with Crippen LogP contribution in [0.4, 0.5) is 0 Å². The van der Waals surface area contributed by atoms with Crippen molar-refractivity contribution in [1.29, 1.82) is 0 Å². The molecule has 1 fully saturated rings. The number of aliphatic hydroxyl groups excluding tert-OH is 4. The van der Waals surface area contributed by atoms with Crippen LogP contribution in [0.2, 0.25) is 0 Å². The molecule has 0 unspecified atom stereocenters. The lowest BCUT2D eigenvalue weighted by Gasteiger charge is -2.41. The number of ether oxygens (including phenoxy) is 5. The number of carbonyl (C=O) groups excluding carboxylic acids is 2. The highest BCUT2D eigenvalue weighted by atomic mass is 16.8. The molecule has 3 rings (SSSR count). The number of aromatic hydroxyl groups is 1. The molecule has 0 spiro atoms. The van der Waals surface area contributed by atoms with Gasteiger partial charge in [-0.1, -0.05) is 12.1 Å². The van der Waals surface area contributed by atoms with Gasteiger partial charge in [-0.05, 0) is 17.7 Å². The number of aliphatic carboxylic acids is 1. The largest absolute Gasteiger partial charge is 0.508 e. The number of rotatable bonds is 10. The number of methoxy groups -OCH3 is 1. The van der Waals surface area contributed by atoms with E-state index in [1.807, 2.05) is 0 Å². The number of hydrogen-bond donors (Lipinski definition) is 6. The molecule has 1 aromatic rings. The van der Waals surface area contributed by atoms with Gasteiger partial charge >= 0.3 is 17.9 Å².